The predicted molar refractivity (Wildman–Crippen MR) is 80.7 cm³/mol. The smallest absolute Gasteiger partial charge is 0.303 e. The van der Waals surface area contributed by atoms with Gasteiger partial charge in [0.15, 0.2) is 18.3 Å². The first-order valence-electron chi connectivity index (χ1n) is 7.10. The van der Waals surface area contributed by atoms with Gasteiger partial charge in [0.25, 0.3) is 0 Å². The van der Waals surface area contributed by atoms with E-state index in [1.54, 1.807) is 0 Å². The first kappa shape index (κ1) is 20.2. The Kier molecular flexibility index (Phi) is 7.49. The molecule has 0 unspecified atom stereocenters. The van der Waals surface area contributed by atoms with E-state index in [2.05, 4.69) is 0 Å². The summed E-state index contributed by atoms with van der Waals surface area (Å²) in [6.45, 7) is 4.44. The third-order valence-electron chi connectivity index (χ3n) is 2.97. The molecule has 1 aliphatic heterocycles. The molecule has 0 radical (unpaired) electrons. The summed E-state index contributed by atoms with van der Waals surface area (Å²) in [6.07, 6.45) is -3.52. The Labute approximate surface area is 142 Å². The standard InChI is InChI=1S/C14H20O9S/c1-6(15)20-5-10-11(21-7(2)16)12(22-8(3)17)13(14(19)24-10)23-9(4)18/h10-14,19H,5H2,1-4H3/t10-,11+,12-,13+,14-/m0/s1. The topological polar surface area (TPSA) is 125 Å². The quantitative estimate of drug-likeness (QED) is 0.517. The van der Waals surface area contributed by atoms with Gasteiger partial charge in [-0.2, -0.15) is 0 Å². The fraction of sp³-hybridized carbons (Fsp3) is 0.714. The van der Waals surface area contributed by atoms with Crippen LogP contribution in [0.1, 0.15) is 27.7 Å². The second-order valence-corrected chi connectivity index (χ2v) is 6.45. The van der Waals surface area contributed by atoms with Gasteiger partial charge in [0.1, 0.15) is 12.0 Å². The number of carbonyl (C=O) groups is 4. The summed E-state index contributed by atoms with van der Waals surface area (Å²) in [5, 5.41) is 9.50. The Bertz CT molecular complexity index is 506. The summed E-state index contributed by atoms with van der Waals surface area (Å²) in [4.78, 5) is 45.0. The number of rotatable bonds is 5. The summed E-state index contributed by atoms with van der Waals surface area (Å²) in [7, 11) is 0. The highest BCUT2D eigenvalue weighted by Gasteiger charge is 2.51. The molecular weight excluding hydrogens is 344 g/mol. The monoisotopic (exact) mass is 364 g/mol. The van der Waals surface area contributed by atoms with E-state index in [1.165, 1.54) is 6.92 Å². The van der Waals surface area contributed by atoms with E-state index >= 15 is 0 Å². The van der Waals surface area contributed by atoms with E-state index in [-0.39, 0.29) is 6.61 Å². The molecule has 1 N–H and O–H groups in total. The molecule has 0 amide bonds. The van der Waals surface area contributed by atoms with E-state index in [0.29, 0.717) is 0 Å². The number of thioether (sulfide) groups is 1. The fourth-order valence-electron chi connectivity index (χ4n) is 2.21. The molecular formula is C14H20O9S. The van der Waals surface area contributed by atoms with Crippen LogP contribution in [0.25, 0.3) is 0 Å². The molecule has 24 heavy (non-hydrogen) atoms. The molecule has 1 fully saturated rings. The highest BCUT2D eigenvalue weighted by molar-refractivity contribution is 8.00. The molecule has 0 spiro atoms. The van der Waals surface area contributed by atoms with Crippen molar-refractivity contribution in [2.75, 3.05) is 6.61 Å². The van der Waals surface area contributed by atoms with Gasteiger partial charge < -0.3 is 24.1 Å². The van der Waals surface area contributed by atoms with Crippen LogP contribution >= 0.6 is 11.8 Å². The molecule has 1 aliphatic rings. The molecule has 0 aromatic carbocycles. The highest BCUT2D eigenvalue weighted by Crippen LogP contribution is 2.36. The van der Waals surface area contributed by atoms with Crippen LogP contribution in [0.3, 0.4) is 0 Å². The van der Waals surface area contributed by atoms with Crippen molar-refractivity contribution in [3.05, 3.63) is 0 Å². The van der Waals surface area contributed by atoms with Crippen molar-refractivity contribution in [2.45, 2.75) is 56.7 Å². The minimum atomic E-state index is -1.26. The van der Waals surface area contributed by atoms with Crippen molar-refractivity contribution in [3.8, 4) is 0 Å². The van der Waals surface area contributed by atoms with Gasteiger partial charge in [-0.05, 0) is 0 Å². The SMILES string of the molecule is CC(=O)OC[C@@H]1S[C@H](O)[C@H](OC(C)=O)[C@@H](OC(C)=O)[C@@H]1OC(C)=O. The minimum absolute atomic E-state index is 0.181. The number of aliphatic hydroxyl groups is 1. The Morgan fingerprint density at radius 2 is 1.25 bits per heavy atom. The third kappa shape index (κ3) is 6.00. The molecule has 0 bridgehead atoms. The molecule has 1 saturated heterocycles. The number of hydrogen-bond donors (Lipinski definition) is 1. The maximum absolute atomic E-state index is 11.4. The van der Waals surface area contributed by atoms with Crippen LogP contribution < -0.4 is 0 Å². The Morgan fingerprint density at radius 3 is 1.71 bits per heavy atom. The van der Waals surface area contributed by atoms with E-state index in [0.717, 1.165) is 32.5 Å². The minimum Gasteiger partial charge on any atom is -0.465 e. The molecule has 5 atom stereocenters. The van der Waals surface area contributed by atoms with Crippen molar-refractivity contribution in [1.82, 2.24) is 0 Å². The maximum Gasteiger partial charge on any atom is 0.303 e. The van der Waals surface area contributed by atoms with Gasteiger partial charge >= 0.3 is 23.9 Å². The van der Waals surface area contributed by atoms with Gasteiger partial charge in [-0.25, -0.2) is 0 Å². The molecule has 1 rings (SSSR count). The van der Waals surface area contributed by atoms with Gasteiger partial charge in [0.05, 0.1) is 5.25 Å². The highest BCUT2D eigenvalue weighted by atomic mass is 32.2. The molecule has 136 valence electrons. The number of ether oxygens (including phenoxy) is 4. The first-order chi connectivity index (χ1) is 11.1. The van der Waals surface area contributed by atoms with Crippen LogP contribution in [0.5, 0.6) is 0 Å². The normalized spacial score (nSPS) is 29.3. The van der Waals surface area contributed by atoms with Crippen LogP contribution in [0.15, 0.2) is 0 Å². The van der Waals surface area contributed by atoms with Crippen molar-refractivity contribution >= 4 is 35.6 Å². The first-order valence-corrected chi connectivity index (χ1v) is 8.04. The molecule has 0 aromatic rings. The summed E-state index contributed by atoms with van der Waals surface area (Å²) in [6, 6.07) is 0. The lowest BCUT2D eigenvalue weighted by Crippen LogP contribution is -2.58. The van der Waals surface area contributed by atoms with Crippen LogP contribution in [0, 0.1) is 0 Å². The molecule has 0 aliphatic carbocycles. The van der Waals surface area contributed by atoms with Crippen LogP contribution in [-0.4, -0.2) is 64.6 Å². The van der Waals surface area contributed by atoms with Crippen molar-refractivity contribution in [3.63, 3.8) is 0 Å². The Balaban J connectivity index is 3.11. The van der Waals surface area contributed by atoms with E-state index in [4.69, 9.17) is 18.9 Å². The average molecular weight is 364 g/mol. The lowest BCUT2D eigenvalue weighted by molar-refractivity contribution is -0.191. The zero-order valence-corrected chi connectivity index (χ0v) is 14.5. The summed E-state index contributed by atoms with van der Waals surface area (Å²) in [5.74, 6) is -2.63. The van der Waals surface area contributed by atoms with Gasteiger partial charge in [-0.1, -0.05) is 0 Å². The molecule has 1 heterocycles. The van der Waals surface area contributed by atoms with E-state index < -0.39 is 52.9 Å². The van der Waals surface area contributed by atoms with E-state index in [1.807, 2.05) is 0 Å². The van der Waals surface area contributed by atoms with Gasteiger partial charge in [-0.15, -0.1) is 11.8 Å². The maximum atomic E-state index is 11.4. The van der Waals surface area contributed by atoms with Crippen LogP contribution in [-0.2, 0) is 38.1 Å². The fourth-order valence-corrected chi connectivity index (χ4v) is 3.44. The van der Waals surface area contributed by atoms with Crippen molar-refractivity contribution < 1.29 is 43.2 Å². The molecule has 0 saturated carbocycles. The second-order valence-electron chi connectivity index (χ2n) is 5.09. The summed E-state index contributed by atoms with van der Waals surface area (Å²) >= 11 is 0.892. The number of carbonyl (C=O) groups excluding carboxylic acids is 4. The predicted octanol–water partition coefficient (Wildman–Crippen LogP) is -0.222. The van der Waals surface area contributed by atoms with Gasteiger partial charge in [0, 0.05) is 27.7 Å². The zero-order valence-electron chi connectivity index (χ0n) is 13.7. The largest absolute Gasteiger partial charge is 0.465 e. The summed E-state index contributed by atoms with van der Waals surface area (Å²) < 4.78 is 20.2. The van der Waals surface area contributed by atoms with Gasteiger partial charge in [-0.3, -0.25) is 19.2 Å². The number of aliphatic hydroxyl groups excluding tert-OH is 1. The van der Waals surface area contributed by atoms with E-state index in [9.17, 15) is 24.3 Å². The lowest BCUT2D eigenvalue weighted by Gasteiger charge is -2.42. The van der Waals surface area contributed by atoms with Crippen LogP contribution in [0.2, 0.25) is 0 Å². The zero-order chi connectivity index (χ0) is 18.4. The van der Waals surface area contributed by atoms with Crippen molar-refractivity contribution in [2.24, 2.45) is 0 Å². The molecule has 9 nitrogen and oxygen atoms in total. The summed E-state index contributed by atoms with van der Waals surface area (Å²) in [5.41, 5.74) is -1.26. The van der Waals surface area contributed by atoms with Crippen molar-refractivity contribution in [1.29, 1.82) is 0 Å². The average Bonchev–Trinajstić information content (AvgIpc) is 2.42. The second kappa shape index (κ2) is 8.88. The molecule has 10 heteroatoms. The Hall–Kier alpha value is -1.81. The molecule has 0 aromatic heterocycles. The third-order valence-corrected chi connectivity index (χ3v) is 4.27. The van der Waals surface area contributed by atoms with Gasteiger partial charge in [0.2, 0.25) is 0 Å². The Morgan fingerprint density at radius 1 is 0.792 bits per heavy atom. The lowest BCUT2D eigenvalue weighted by atomic mass is 10.0. The number of hydrogen-bond acceptors (Lipinski definition) is 10. The number of esters is 4. The van der Waals surface area contributed by atoms with Crippen LogP contribution in [0.4, 0.5) is 0 Å².